The molecule has 0 amide bonds. The van der Waals surface area contributed by atoms with E-state index in [4.69, 9.17) is 9.47 Å². The maximum atomic E-state index is 12.7. The number of benzene rings is 1. The molecular weight excluding hydrogens is 227 g/mol. The number of rotatable bonds is 3. The molecule has 1 aliphatic carbocycles. The van der Waals surface area contributed by atoms with E-state index in [0.29, 0.717) is 35.5 Å². The minimum absolute atomic E-state index is 0.0633. The van der Waals surface area contributed by atoms with Gasteiger partial charge in [-0.25, -0.2) is 4.39 Å². The van der Waals surface area contributed by atoms with Gasteiger partial charge in [0.1, 0.15) is 6.67 Å². The van der Waals surface area contributed by atoms with Gasteiger partial charge in [-0.05, 0) is 30.5 Å². The molecular formula is C12H11FO4. The van der Waals surface area contributed by atoms with Crippen LogP contribution in [0.1, 0.15) is 24.0 Å². The molecule has 1 aromatic rings. The van der Waals surface area contributed by atoms with E-state index in [2.05, 4.69) is 0 Å². The monoisotopic (exact) mass is 238 g/mol. The Kier molecular flexibility index (Phi) is 2.05. The summed E-state index contributed by atoms with van der Waals surface area (Å²) in [6, 6.07) is 3.14. The van der Waals surface area contributed by atoms with Crippen molar-refractivity contribution in [1.82, 2.24) is 0 Å². The van der Waals surface area contributed by atoms with Crippen LogP contribution in [0.2, 0.25) is 0 Å². The normalized spacial score (nSPS) is 19.1. The average Bonchev–Trinajstić information content (AvgIpc) is 3.00. The summed E-state index contributed by atoms with van der Waals surface area (Å²) >= 11 is 0. The Morgan fingerprint density at radius 3 is 2.76 bits per heavy atom. The van der Waals surface area contributed by atoms with Crippen LogP contribution in [0.25, 0.3) is 0 Å². The second kappa shape index (κ2) is 3.35. The Balaban J connectivity index is 2.16. The molecule has 1 aromatic carbocycles. The van der Waals surface area contributed by atoms with Gasteiger partial charge < -0.3 is 14.6 Å². The number of alkyl halides is 1. The smallest absolute Gasteiger partial charge is 0.314 e. The SMILES string of the molecule is O=C(O)C1(c2cc(CF)cc3c2OCO3)CC1. The van der Waals surface area contributed by atoms with Crippen molar-refractivity contribution in [2.24, 2.45) is 0 Å². The molecule has 0 bridgehead atoms. The maximum absolute atomic E-state index is 12.7. The fraction of sp³-hybridized carbons (Fsp3) is 0.417. The first kappa shape index (κ1) is 10.4. The van der Waals surface area contributed by atoms with Gasteiger partial charge in [-0.15, -0.1) is 0 Å². The third-order valence-corrected chi connectivity index (χ3v) is 3.36. The summed E-state index contributed by atoms with van der Waals surface area (Å²) in [5.74, 6) is 0.0241. The molecule has 0 radical (unpaired) electrons. The average molecular weight is 238 g/mol. The molecule has 1 heterocycles. The molecule has 17 heavy (non-hydrogen) atoms. The van der Waals surface area contributed by atoms with Crippen molar-refractivity contribution >= 4 is 5.97 Å². The maximum Gasteiger partial charge on any atom is 0.314 e. The summed E-state index contributed by atoms with van der Waals surface area (Å²) in [5, 5.41) is 9.26. The summed E-state index contributed by atoms with van der Waals surface area (Å²) in [5.41, 5.74) is 0.0765. The second-order valence-corrected chi connectivity index (χ2v) is 4.40. The molecule has 0 spiro atoms. The van der Waals surface area contributed by atoms with Crippen molar-refractivity contribution in [2.75, 3.05) is 6.79 Å². The van der Waals surface area contributed by atoms with Crippen LogP contribution in [0.15, 0.2) is 12.1 Å². The fourth-order valence-corrected chi connectivity index (χ4v) is 2.22. The zero-order valence-electron chi connectivity index (χ0n) is 9.03. The van der Waals surface area contributed by atoms with E-state index in [0.717, 1.165) is 0 Å². The number of aliphatic carboxylic acids is 1. The van der Waals surface area contributed by atoms with E-state index < -0.39 is 18.1 Å². The lowest BCUT2D eigenvalue weighted by Gasteiger charge is -2.14. The highest BCUT2D eigenvalue weighted by Crippen LogP contribution is 2.54. The number of halogens is 1. The van der Waals surface area contributed by atoms with E-state index in [1.54, 1.807) is 12.1 Å². The van der Waals surface area contributed by atoms with Crippen molar-refractivity contribution in [3.05, 3.63) is 23.3 Å². The van der Waals surface area contributed by atoms with Crippen LogP contribution < -0.4 is 9.47 Å². The van der Waals surface area contributed by atoms with Gasteiger partial charge in [-0.1, -0.05) is 0 Å². The number of ether oxygens (including phenoxy) is 2. The minimum atomic E-state index is -0.900. The highest BCUT2D eigenvalue weighted by Gasteiger charge is 2.54. The van der Waals surface area contributed by atoms with Gasteiger partial charge >= 0.3 is 5.97 Å². The molecule has 1 N–H and O–H groups in total. The van der Waals surface area contributed by atoms with Crippen LogP contribution in [0.5, 0.6) is 11.5 Å². The van der Waals surface area contributed by atoms with Gasteiger partial charge in [0.2, 0.25) is 6.79 Å². The number of hydrogen-bond acceptors (Lipinski definition) is 3. The van der Waals surface area contributed by atoms with E-state index in [-0.39, 0.29) is 6.79 Å². The second-order valence-electron chi connectivity index (χ2n) is 4.40. The summed E-state index contributed by atoms with van der Waals surface area (Å²) in [4.78, 5) is 11.3. The Hall–Kier alpha value is -1.78. The molecule has 1 fully saturated rings. The number of carboxylic acid groups (broad SMARTS) is 1. The van der Waals surface area contributed by atoms with Crippen LogP contribution in [0.4, 0.5) is 4.39 Å². The minimum Gasteiger partial charge on any atom is -0.481 e. The van der Waals surface area contributed by atoms with E-state index in [1.807, 2.05) is 0 Å². The molecule has 5 heteroatoms. The van der Waals surface area contributed by atoms with E-state index in [9.17, 15) is 14.3 Å². The lowest BCUT2D eigenvalue weighted by Crippen LogP contribution is -2.20. The lowest BCUT2D eigenvalue weighted by atomic mass is 9.93. The van der Waals surface area contributed by atoms with Gasteiger partial charge in [0.15, 0.2) is 11.5 Å². The van der Waals surface area contributed by atoms with Gasteiger partial charge in [0, 0.05) is 5.56 Å². The third kappa shape index (κ3) is 1.38. The van der Waals surface area contributed by atoms with E-state index >= 15 is 0 Å². The number of carboxylic acids is 1. The number of fused-ring (bicyclic) bond motifs is 1. The Morgan fingerprint density at radius 1 is 1.41 bits per heavy atom. The predicted octanol–water partition coefficient (Wildman–Crippen LogP) is 2.00. The number of carbonyl (C=O) groups is 1. The predicted molar refractivity (Wildman–Crippen MR) is 55.9 cm³/mol. The summed E-state index contributed by atoms with van der Waals surface area (Å²) in [6.07, 6.45) is 1.13. The third-order valence-electron chi connectivity index (χ3n) is 3.36. The van der Waals surface area contributed by atoms with Gasteiger partial charge in [-0.3, -0.25) is 4.79 Å². The molecule has 0 saturated heterocycles. The highest BCUT2D eigenvalue weighted by molar-refractivity contribution is 5.86. The molecule has 1 aliphatic heterocycles. The largest absolute Gasteiger partial charge is 0.481 e. The zero-order valence-corrected chi connectivity index (χ0v) is 9.03. The molecule has 0 unspecified atom stereocenters. The fourth-order valence-electron chi connectivity index (χ4n) is 2.22. The van der Waals surface area contributed by atoms with Gasteiger partial charge in [0.25, 0.3) is 0 Å². The molecule has 90 valence electrons. The van der Waals surface area contributed by atoms with E-state index in [1.165, 1.54) is 0 Å². The standard InChI is InChI=1S/C12H11FO4/c13-5-7-3-8(12(1-2-12)11(14)15)10-9(4-7)16-6-17-10/h3-4H,1-2,5-6H2,(H,14,15). The molecule has 0 aromatic heterocycles. The van der Waals surface area contributed by atoms with Crippen molar-refractivity contribution in [3.63, 3.8) is 0 Å². The molecule has 2 aliphatic rings. The topological polar surface area (TPSA) is 55.8 Å². The molecule has 1 saturated carbocycles. The Bertz CT molecular complexity index is 494. The first-order chi connectivity index (χ1) is 8.17. The number of hydrogen-bond donors (Lipinski definition) is 1. The van der Waals surface area contributed by atoms with Crippen LogP contribution in [0, 0.1) is 0 Å². The zero-order chi connectivity index (χ0) is 12.0. The quantitative estimate of drug-likeness (QED) is 0.875. The van der Waals surface area contributed by atoms with Crippen molar-refractivity contribution in [2.45, 2.75) is 24.9 Å². The van der Waals surface area contributed by atoms with Crippen molar-refractivity contribution in [1.29, 1.82) is 0 Å². The Morgan fingerprint density at radius 2 is 2.18 bits per heavy atom. The summed E-state index contributed by atoms with van der Waals surface area (Å²) in [6.45, 7) is -0.576. The molecule has 0 atom stereocenters. The van der Waals surface area contributed by atoms with Crippen LogP contribution in [-0.2, 0) is 16.9 Å². The van der Waals surface area contributed by atoms with Gasteiger partial charge in [0.05, 0.1) is 5.41 Å². The van der Waals surface area contributed by atoms with Crippen molar-refractivity contribution in [3.8, 4) is 11.5 Å². The first-order valence-electron chi connectivity index (χ1n) is 5.40. The lowest BCUT2D eigenvalue weighted by molar-refractivity contribution is -0.140. The van der Waals surface area contributed by atoms with Gasteiger partial charge in [-0.2, -0.15) is 0 Å². The van der Waals surface area contributed by atoms with Crippen LogP contribution >= 0.6 is 0 Å². The Labute approximate surface area is 97.0 Å². The van der Waals surface area contributed by atoms with Crippen LogP contribution in [0.3, 0.4) is 0 Å². The highest BCUT2D eigenvalue weighted by atomic mass is 19.1. The molecule has 3 rings (SSSR count). The summed E-state index contributed by atoms with van der Waals surface area (Å²) < 4.78 is 23.2. The molecule has 4 nitrogen and oxygen atoms in total. The first-order valence-corrected chi connectivity index (χ1v) is 5.40. The summed E-state index contributed by atoms with van der Waals surface area (Å²) in [7, 11) is 0. The van der Waals surface area contributed by atoms with Crippen LogP contribution in [-0.4, -0.2) is 17.9 Å². The van der Waals surface area contributed by atoms with Crippen molar-refractivity contribution < 1.29 is 23.8 Å².